The highest BCUT2D eigenvalue weighted by Gasteiger charge is 2.26. The predicted octanol–water partition coefficient (Wildman–Crippen LogP) is 6.46. The zero-order chi connectivity index (χ0) is 32.5. The number of anilines is 1. The molecule has 0 bridgehead atoms. The number of halogens is 3. The first-order chi connectivity index (χ1) is 22.2. The van der Waals surface area contributed by atoms with Crippen LogP contribution in [0.15, 0.2) is 77.6 Å². The number of benzene rings is 4. The number of hydrogen-bond donors (Lipinski definition) is 2. The van der Waals surface area contributed by atoms with Gasteiger partial charge in [0.15, 0.2) is 5.82 Å². The van der Waals surface area contributed by atoms with E-state index in [1.165, 1.54) is 16.5 Å². The largest absolute Gasteiger partial charge is 0.348 e. The third-order valence-corrected chi connectivity index (χ3v) is 8.27. The Bertz CT molecular complexity index is 2240. The van der Waals surface area contributed by atoms with Gasteiger partial charge in [0, 0.05) is 25.8 Å². The molecule has 6 rings (SSSR count). The van der Waals surface area contributed by atoms with Crippen LogP contribution in [-0.2, 0) is 18.3 Å². The van der Waals surface area contributed by atoms with Crippen LogP contribution in [0.2, 0.25) is 5.02 Å². The Morgan fingerprint density at radius 1 is 1.09 bits per heavy atom. The molecule has 2 aromatic heterocycles. The van der Waals surface area contributed by atoms with Crippen molar-refractivity contribution >= 4 is 57.6 Å². The lowest BCUT2D eigenvalue weighted by atomic mass is 9.99. The van der Waals surface area contributed by atoms with Crippen molar-refractivity contribution in [3.63, 3.8) is 0 Å². The first-order valence-corrected chi connectivity index (χ1v) is 15.5. The van der Waals surface area contributed by atoms with Crippen LogP contribution in [0.1, 0.15) is 23.0 Å². The second-order valence-electron chi connectivity index (χ2n) is 10.4. The summed E-state index contributed by atoms with van der Waals surface area (Å²) in [4.78, 5) is 31.4. The minimum Gasteiger partial charge on any atom is -0.348 e. The molecule has 0 radical (unpaired) electrons. The summed E-state index contributed by atoms with van der Waals surface area (Å²) in [6, 6.07) is 19.7. The smallest absolute Gasteiger partial charge is 0.266 e. The molecule has 0 aliphatic rings. The van der Waals surface area contributed by atoms with Crippen molar-refractivity contribution in [1.82, 2.24) is 24.6 Å². The van der Waals surface area contributed by atoms with Gasteiger partial charge in [-0.25, -0.2) is 13.8 Å². The molecule has 2 heterocycles. The minimum atomic E-state index is -1.01. The van der Waals surface area contributed by atoms with Gasteiger partial charge in [-0.1, -0.05) is 47.8 Å². The van der Waals surface area contributed by atoms with Gasteiger partial charge in [0.25, 0.3) is 5.56 Å². The third-order valence-electron chi connectivity index (χ3n) is 7.55. The zero-order valence-electron chi connectivity index (χ0n) is 24.4. The Hall–Kier alpha value is -5.25. The van der Waals surface area contributed by atoms with Crippen LogP contribution in [0.25, 0.3) is 38.6 Å². The summed E-state index contributed by atoms with van der Waals surface area (Å²) in [5.41, 5.74) is 2.70. The molecular weight excluding hydrogens is 632 g/mol. The number of aromatic nitrogens is 4. The number of fused-ring (bicyclic) bond motifs is 2. The van der Waals surface area contributed by atoms with Gasteiger partial charge in [-0.3, -0.25) is 18.8 Å². The van der Waals surface area contributed by atoms with Gasteiger partial charge in [0.1, 0.15) is 17.5 Å². The molecule has 1 amide bonds. The maximum absolute atomic E-state index is 14.5. The van der Waals surface area contributed by atoms with Gasteiger partial charge in [0.05, 0.1) is 50.2 Å². The van der Waals surface area contributed by atoms with Gasteiger partial charge in [0.2, 0.25) is 6.41 Å². The number of rotatable bonds is 9. The van der Waals surface area contributed by atoms with Gasteiger partial charge >= 0.3 is 0 Å². The van der Waals surface area contributed by atoms with E-state index in [0.717, 1.165) is 18.2 Å². The molecular formula is C33H24ClF2N7O2S. The lowest BCUT2D eigenvalue weighted by Crippen LogP contribution is -2.32. The first-order valence-electron chi connectivity index (χ1n) is 13.9. The van der Waals surface area contributed by atoms with E-state index in [-0.39, 0.29) is 23.2 Å². The third kappa shape index (κ3) is 5.55. The van der Waals surface area contributed by atoms with Crippen molar-refractivity contribution in [1.29, 1.82) is 5.26 Å². The normalized spacial score (nSPS) is 11.8. The Labute approximate surface area is 270 Å². The number of hydrogen-bond acceptors (Lipinski definition) is 7. The highest BCUT2D eigenvalue weighted by atomic mass is 35.5. The number of nitrogens with one attached hydrogen (secondary N) is 2. The second-order valence-corrected chi connectivity index (χ2v) is 11.4. The van der Waals surface area contributed by atoms with Crippen LogP contribution in [0.4, 0.5) is 14.6 Å². The summed E-state index contributed by atoms with van der Waals surface area (Å²) in [6.45, 7) is 0. The molecule has 9 nitrogen and oxygen atoms in total. The fourth-order valence-electron chi connectivity index (χ4n) is 5.65. The van der Waals surface area contributed by atoms with Crippen LogP contribution < -0.4 is 15.6 Å². The van der Waals surface area contributed by atoms with Crippen LogP contribution in [0.5, 0.6) is 0 Å². The quantitative estimate of drug-likeness (QED) is 0.136. The average molecular weight is 656 g/mol. The number of carbonyl (C=O) groups excluding carboxylic acids is 1. The first kappa shape index (κ1) is 30.8. The summed E-state index contributed by atoms with van der Waals surface area (Å²) < 4.78 is 34.5. The van der Waals surface area contributed by atoms with Crippen LogP contribution in [-0.4, -0.2) is 32.0 Å². The molecule has 0 aliphatic carbocycles. The molecule has 0 aliphatic heterocycles. The van der Waals surface area contributed by atoms with Crippen LogP contribution in [0.3, 0.4) is 0 Å². The standard InChI is InChI=1S/C33H24ClF2N7O2S/c1-42-30-28(10-9-25(34)29(30)31(40-42)41-46-2)43-32(27(38-17-44)13-18-11-21(35)15-22(36)12-18)39-26-14-19(7-8-24(26)33(43)45)23-6-4-3-5-20(23)16-37/h3-12,14-15,17,27H,13H2,1-2H3,(H,38,44)(H,40,41). The fraction of sp³-hybridized carbons (Fsp3) is 0.121. The molecule has 1 atom stereocenters. The molecule has 0 fully saturated rings. The van der Waals surface area contributed by atoms with Crippen molar-refractivity contribution < 1.29 is 13.6 Å². The summed E-state index contributed by atoms with van der Waals surface area (Å²) in [6.07, 6.45) is 2.19. The van der Waals surface area contributed by atoms with E-state index >= 15 is 0 Å². The van der Waals surface area contributed by atoms with Crippen LogP contribution in [0, 0.1) is 23.0 Å². The van der Waals surface area contributed by atoms with E-state index in [1.54, 1.807) is 66.3 Å². The van der Waals surface area contributed by atoms with E-state index in [9.17, 15) is 23.6 Å². The van der Waals surface area contributed by atoms with Crippen molar-refractivity contribution in [3.8, 4) is 22.9 Å². The maximum atomic E-state index is 14.5. The van der Waals surface area contributed by atoms with E-state index < -0.39 is 23.2 Å². The summed E-state index contributed by atoms with van der Waals surface area (Å²) in [7, 11) is 1.71. The fourth-order valence-corrected chi connectivity index (χ4v) is 6.23. The highest BCUT2D eigenvalue weighted by molar-refractivity contribution is 7.99. The van der Waals surface area contributed by atoms with E-state index in [0.29, 0.717) is 56.0 Å². The summed E-state index contributed by atoms with van der Waals surface area (Å²) in [5.74, 6) is -0.983. The summed E-state index contributed by atoms with van der Waals surface area (Å²) in [5, 5.41) is 18.2. The number of amides is 1. The molecule has 13 heteroatoms. The van der Waals surface area contributed by atoms with E-state index in [1.807, 2.05) is 6.26 Å². The lowest BCUT2D eigenvalue weighted by molar-refractivity contribution is -0.110. The molecule has 0 saturated carbocycles. The Morgan fingerprint density at radius 2 is 1.85 bits per heavy atom. The highest BCUT2D eigenvalue weighted by Crippen LogP contribution is 2.36. The SMILES string of the molecule is CSNc1nn(C)c2c(-n3c(C(Cc4cc(F)cc(F)c4)NC=O)nc4cc(-c5ccccc5C#N)ccc4c3=O)ccc(Cl)c12. The molecule has 1 unspecified atom stereocenters. The van der Waals surface area contributed by atoms with E-state index in [2.05, 4.69) is 21.2 Å². The monoisotopic (exact) mass is 655 g/mol. The van der Waals surface area contributed by atoms with Crippen molar-refractivity contribution in [3.05, 3.63) is 117 Å². The zero-order valence-corrected chi connectivity index (χ0v) is 26.0. The molecule has 6 aromatic rings. The van der Waals surface area contributed by atoms with Crippen molar-refractivity contribution in [2.24, 2.45) is 7.05 Å². The molecule has 0 spiro atoms. The molecule has 46 heavy (non-hydrogen) atoms. The van der Waals surface area contributed by atoms with Gasteiger partial charge < -0.3 is 10.0 Å². The van der Waals surface area contributed by atoms with Crippen molar-refractivity contribution in [2.75, 3.05) is 11.0 Å². The number of carbonyl (C=O) groups is 1. The Morgan fingerprint density at radius 3 is 2.57 bits per heavy atom. The van der Waals surface area contributed by atoms with Gasteiger partial charge in [-0.05, 0) is 59.2 Å². The topological polar surface area (TPSA) is 118 Å². The average Bonchev–Trinajstić information content (AvgIpc) is 3.37. The Balaban J connectivity index is 1.67. The maximum Gasteiger partial charge on any atom is 0.266 e. The molecule has 0 saturated heterocycles. The number of nitrogens with zero attached hydrogens (tertiary/aromatic N) is 5. The predicted molar refractivity (Wildman–Crippen MR) is 176 cm³/mol. The molecule has 4 aromatic carbocycles. The van der Waals surface area contributed by atoms with Gasteiger partial charge in [-0.2, -0.15) is 10.4 Å². The van der Waals surface area contributed by atoms with Gasteiger partial charge in [-0.15, -0.1) is 0 Å². The lowest BCUT2D eigenvalue weighted by Gasteiger charge is -2.22. The second kappa shape index (κ2) is 12.6. The molecule has 2 N–H and O–H groups in total. The summed E-state index contributed by atoms with van der Waals surface area (Å²) >= 11 is 7.96. The van der Waals surface area contributed by atoms with Crippen molar-refractivity contribution in [2.45, 2.75) is 12.5 Å². The molecule has 230 valence electrons. The minimum absolute atomic E-state index is 0.0935. The van der Waals surface area contributed by atoms with Crippen LogP contribution >= 0.6 is 23.5 Å². The van der Waals surface area contributed by atoms with E-state index in [4.69, 9.17) is 16.6 Å². The number of aryl methyl sites for hydroxylation is 1. The number of nitriles is 1. The Kier molecular flexibility index (Phi) is 8.44.